The van der Waals surface area contributed by atoms with Crippen LogP contribution < -0.4 is 5.32 Å². The smallest absolute Gasteiger partial charge is 0.270 e. The first-order valence-electron chi connectivity index (χ1n) is 7.03. The average molecular weight is 294 g/mol. The minimum Gasteiger partial charge on any atom is -0.349 e. The first-order chi connectivity index (χ1) is 9.78. The maximum Gasteiger partial charge on any atom is 0.270 e. The molecule has 1 amide bonds. The maximum absolute atomic E-state index is 13.7. The molecular formula is C15H19FN2O3. The number of halogens is 1. The molecule has 1 fully saturated rings. The standard InChI is InChI=1S/C15H19FN2O3/c1-15(2)7-5-10(6-8-15)17-14(19)12-9-11(18(20)21)3-4-13(12)16/h3-4,9-10H,5-8H2,1-2H3,(H,17,19). The van der Waals surface area contributed by atoms with Crippen LogP contribution in [0.4, 0.5) is 10.1 Å². The summed E-state index contributed by atoms with van der Waals surface area (Å²) in [6, 6.07) is 2.99. The molecule has 2 rings (SSSR count). The lowest BCUT2D eigenvalue weighted by Crippen LogP contribution is -2.39. The van der Waals surface area contributed by atoms with E-state index in [1.54, 1.807) is 0 Å². The molecular weight excluding hydrogens is 275 g/mol. The van der Waals surface area contributed by atoms with E-state index in [1.165, 1.54) is 0 Å². The third kappa shape index (κ3) is 3.77. The van der Waals surface area contributed by atoms with E-state index in [2.05, 4.69) is 19.2 Å². The van der Waals surface area contributed by atoms with Crippen LogP contribution in [0.25, 0.3) is 0 Å². The fourth-order valence-electron chi connectivity index (χ4n) is 2.61. The number of benzene rings is 1. The summed E-state index contributed by atoms with van der Waals surface area (Å²) in [5, 5.41) is 13.5. The number of carbonyl (C=O) groups is 1. The number of hydrogen-bond donors (Lipinski definition) is 1. The quantitative estimate of drug-likeness (QED) is 0.685. The van der Waals surface area contributed by atoms with Crippen LogP contribution in [-0.4, -0.2) is 16.9 Å². The second-order valence-electron chi connectivity index (χ2n) is 6.33. The van der Waals surface area contributed by atoms with Gasteiger partial charge in [0.05, 0.1) is 10.5 Å². The van der Waals surface area contributed by atoms with E-state index in [4.69, 9.17) is 0 Å². The molecule has 0 spiro atoms. The molecule has 114 valence electrons. The van der Waals surface area contributed by atoms with E-state index in [9.17, 15) is 19.3 Å². The molecule has 1 N–H and O–H groups in total. The number of nitrogens with one attached hydrogen (secondary N) is 1. The molecule has 0 saturated heterocycles. The fourth-order valence-corrected chi connectivity index (χ4v) is 2.61. The lowest BCUT2D eigenvalue weighted by molar-refractivity contribution is -0.384. The molecule has 0 radical (unpaired) electrons. The van der Waals surface area contributed by atoms with Gasteiger partial charge < -0.3 is 5.32 Å². The van der Waals surface area contributed by atoms with E-state index in [1.807, 2.05) is 0 Å². The Morgan fingerprint density at radius 3 is 2.57 bits per heavy atom. The monoisotopic (exact) mass is 294 g/mol. The predicted molar refractivity (Wildman–Crippen MR) is 76.6 cm³/mol. The van der Waals surface area contributed by atoms with E-state index in [0.717, 1.165) is 43.9 Å². The number of rotatable bonds is 3. The van der Waals surface area contributed by atoms with Crippen molar-refractivity contribution in [3.63, 3.8) is 0 Å². The van der Waals surface area contributed by atoms with E-state index in [0.29, 0.717) is 0 Å². The van der Waals surface area contributed by atoms with Crippen molar-refractivity contribution in [1.82, 2.24) is 5.32 Å². The molecule has 1 aliphatic carbocycles. The number of nitro groups is 1. The lowest BCUT2D eigenvalue weighted by Gasteiger charge is -2.34. The Kier molecular flexibility index (Phi) is 4.25. The Labute approximate surface area is 122 Å². The summed E-state index contributed by atoms with van der Waals surface area (Å²) in [5.74, 6) is -1.32. The third-order valence-electron chi connectivity index (χ3n) is 4.08. The molecule has 0 aromatic heterocycles. The highest BCUT2D eigenvalue weighted by Crippen LogP contribution is 2.35. The van der Waals surface area contributed by atoms with Gasteiger partial charge in [0.25, 0.3) is 11.6 Å². The van der Waals surface area contributed by atoms with Crippen molar-refractivity contribution in [1.29, 1.82) is 0 Å². The molecule has 1 saturated carbocycles. The van der Waals surface area contributed by atoms with E-state index < -0.39 is 16.6 Å². The molecule has 21 heavy (non-hydrogen) atoms. The fraction of sp³-hybridized carbons (Fsp3) is 0.533. The van der Waals surface area contributed by atoms with Crippen LogP contribution >= 0.6 is 0 Å². The average Bonchev–Trinajstić information content (AvgIpc) is 2.41. The first-order valence-corrected chi connectivity index (χ1v) is 7.03. The molecule has 0 atom stereocenters. The van der Waals surface area contributed by atoms with Crippen LogP contribution in [-0.2, 0) is 0 Å². The van der Waals surface area contributed by atoms with Gasteiger partial charge in [0, 0.05) is 18.2 Å². The zero-order valence-corrected chi connectivity index (χ0v) is 12.2. The number of amides is 1. The minimum atomic E-state index is -0.741. The highest BCUT2D eigenvalue weighted by molar-refractivity contribution is 5.95. The van der Waals surface area contributed by atoms with Gasteiger partial charge in [-0.2, -0.15) is 0 Å². The van der Waals surface area contributed by atoms with Gasteiger partial charge in [-0.05, 0) is 37.2 Å². The Bertz CT molecular complexity index is 562. The molecule has 1 aromatic carbocycles. The molecule has 1 aromatic rings. The Morgan fingerprint density at radius 1 is 1.38 bits per heavy atom. The van der Waals surface area contributed by atoms with Crippen LogP contribution in [0.5, 0.6) is 0 Å². The Balaban J connectivity index is 2.07. The predicted octanol–water partition coefficient (Wildman–Crippen LogP) is 3.43. The zero-order chi connectivity index (χ0) is 15.6. The molecule has 5 nitrogen and oxygen atoms in total. The zero-order valence-electron chi connectivity index (χ0n) is 12.2. The second kappa shape index (κ2) is 5.79. The van der Waals surface area contributed by atoms with Crippen molar-refractivity contribution >= 4 is 11.6 Å². The van der Waals surface area contributed by atoms with Gasteiger partial charge in [-0.15, -0.1) is 0 Å². The van der Waals surface area contributed by atoms with Crippen molar-refractivity contribution in [2.45, 2.75) is 45.6 Å². The molecule has 6 heteroatoms. The topological polar surface area (TPSA) is 72.2 Å². The van der Waals surface area contributed by atoms with Gasteiger partial charge in [0.15, 0.2) is 0 Å². The molecule has 0 heterocycles. The second-order valence-corrected chi connectivity index (χ2v) is 6.33. The van der Waals surface area contributed by atoms with Crippen LogP contribution in [0.1, 0.15) is 49.9 Å². The van der Waals surface area contributed by atoms with Crippen LogP contribution in [0.3, 0.4) is 0 Å². The SMILES string of the molecule is CC1(C)CCC(NC(=O)c2cc([N+](=O)[O-])ccc2F)CC1. The van der Waals surface area contributed by atoms with E-state index >= 15 is 0 Å². The van der Waals surface area contributed by atoms with Crippen molar-refractivity contribution in [3.8, 4) is 0 Å². The molecule has 1 aliphatic rings. The maximum atomic E-state index is 13.7. The van der Waals surface area contributed by atoms with Crippen LogP contribution in [0.2, 0.25) is 0 Å². The van der Waals surface area contributed by atoms with Gasteiger partial charge in [-0.25, -0.2) is 4.39 Å². The summed E-state index contributed by atoms with van der Waals surface area (Å²) < 4.78 is 13.7. The summed E-state index contributed by atoms with van der Waals surface area (Å²) in [6.45, 7) is 4.37. The van der Waals surface area contributed by atoms with E-state index in [-0.39, 0.29) is 22.7 Å². The van der Waals surface area contributed by atoms with Crippen molar-refractivity contribution in [3.05, 3.63) is 39.7 Å². The number of nitrogens with zero attached hydrogens (tertiary/aromatic N) is 1. The summed E-state index contributed by atoms with van der Waals surface area (Å²) in [5.41, 5.74) is -0.279. The summed E-state index contributed by atoms with van der Waals surface area (Å²) in [6.07, 6.45) is 3.68. The first kappa shape index (κ1) is 15.4. The highest BCUT2D eigenvalue weighted by atomic mass is 19.1. The van der Waals surface area contributed by atoms with Gasteiger partial charge >= 0.3 is 0 Å². The highest BCUT2D eigenvalue weighted by Gasteiger charge is 2.28. The molecule has 0 aliphatic heterocycles. The third-order valence-corrected chi connectivity index (χ3v) is 4.08. The number of non-ortho nitro benzene ring substituents is 1. The number of carbonyl (C=O) groups excluding carboxylic acids is 1. The molecule has 0 bridgehead atoms. The number of hydrogen-bond acceptors (Lipinski definition) is 3. The van der Waals surface area contributed by atoms with Crippen molar-refractivity contribution in [2.75, 3.05) is 0 Å². The van der Waals surface area contributed by atoms with Crippen LogP contribution in [0, 0.1) is 21.3 Å². The lowest BCUT2D eigenvalue weighted by atomic mass is 9.75. The summed E-state index contributed by atoms with van der Waals surface area (Å²) in [7, 11) is 0. The van der Waals surface area contributed by atoms with Gasteiger partial charge in [0.1, 0.15) is 5.82 Å². The number of nitro benzene ring substituents is 1. The summed E-state index contributed by atoms with van der Waals surface area (Å²) in [4.78, 5) is 22.2. The molecule has 0 unspecified atom stereocenters. The van der Waals surface area contributed by atoms with Gasteiger partial charge in [-0.3, -0.25) is 14.9 Å². The Morgan fingerprint density at radius 2 is 2.00 bits per heavy atom. The van der Waals surface area contributed by atoms with Gasteiger partial charge in [-0.1, -0.05) is 13.8 Å². The summed E-state index contributed by atoms with van der Waals surface area (Å²) >= 11 is 0. The largest absolute Gasteiger partial charge is 0.349 e. The van der Waals surface area contributed by atoms with Gasteiger partial charge in [0.2, 0.25) is 0 Å². The normalized spacial score (nSPS) is 18.2. The Hall–Kier alpha value is -1.98. The van der Waals surface area contributed by atoms with Crippen molar-refractivity contribution < 1.29 is 14.1 Å². The van der Waals surface area contributed by atoms with Crippen LogP contribution in [0.15, 0.2) is 18.2 Å². The minimum absolute atomic E-state index is 0.00388. The van der Waals surface area contributed by atoms with Crippen molar-refractivity contribution in [2.24, 2.45) is 5.41 Å².